The van der Waals surface area contributed by atoms with Crippen LogP contribution in [0.25, 0.3) is 22.0 Å². The SMILES string of the molecule is C[C@@H](NC(=O)c1ccc2cc(-c3ccccc3)c(CCCCC(=O)O)nc2c1)c1ccc(Cl)cc1. The van der Waals surface area contributed by atoms with Crippen LogP contribution in [0.4, 0.5) is 0 Å². The maximum Gasteiger partial charge on any atom is 0.303 e. The van der Waals surface area contributed by atoms with Crippen LogP contribution in [0.15, 0.2) is 78.9 Å². The van der Waals surface area contributed by atoms with Crippen LogP contribution < -0.4 is 5.32 Å². The van der Waals surface area contributed by atoms with Crippen molar-refractivity contribution in [1.29, 1.82) is 0 Å². The first kappa shape index (κ1) is 24.4. The van der Waals surface area contributed by atoms with Crippen LogP contribution in [0.3, 0.4) is 0 Å². The van der Waals surface area contributed by atoms with E-state index in [9.17, 15) is 9.59 Å². The molecule has 0 saturated carbocycles. The summed E-state index contributed by atoms with van der Waals surface area (Å²) in [5.74, 6) is -0.963. The van der Waals surface area contributed by atoms with E-state index in [2.05, 4.69) is 11.4 Å². The summed E-state index contributed by atoms with van der Waals surface area (Å²) in [5.41, 5.74) is 5.24. The largest absolute Gasteiger partial charge is 0.481 e. The number of nitrogens with zero attached hydrogens (tertiary/aromatic N) is 1. The fraction of sp³-hybridized carbons (Fsp3) is 0.207. The molecule has 0 radical (unpaired) electrons. The first-order valence-corrected chi connectivity index (χ1v) is 12.1. The highest BCUT2D eigenvalue weighted by atomic mass is 35.5. The molecule has 0 aliphatic heterocycles. The van der Waals surface area contributed by atoms with Gasteiger partial charge in [0.1, 0.15) is 0 Å². The maximum atomic E-state index is 13.0. The standard InChI is InChI=1S/C29H27ClN2O3/c1-19(20-13-15-24(30)16-14-20)31-29(35)23-12-11-22-17-25(21-7-3-2-4-8-21)26(32-27(22)18-23)9-5-6-10-28(33)34/h2-4,7-8,11-19H,5-6,9-10H2,1H3,(H,31,35)(H,33,34)/t19-/m1/s1. The van der Waals surface area contributed by atoms with E-state index in [-0.39, 0.29) is 18.4 Å². The van der Waals surface area contributed by atoms with Gasteiger partial charge >= 0.3 is 5.97 Å². The van der Waals surface area contributed by atoms with Crippen LogP contribution in [0.5, 0.6) is 0 Å². The summed E-state index contributed by atoms with van der Waals surface area (Å²) < 4.78 is 0. The van der Waals surface area contributed by atoms with Gasteiger partial charge in [-0.25, -0.2) is 0 Å². The lowest BCUT2D eigenvalue weighted by molar-refractivity contribution is -0.137. The molecule has 178 valence electrons. The number of halogens is 1. The zero-order valence-corrected chi connectivity index (χ0v) is 20.3. The van der Waals surface area contributed by atoms with Gasteiger partial charge in [-0.2, -0.15) is 0 Å². The lowest BCUT2D eigenvalue weighted by Gasteiger charge is -2.15. The molecule has 1 aromatic heterocycles. The molecule has 0 aliphatic carbocycles. The van der Waals surface area contributed by atoms with Gasteiger partial charge in [-0.3, -0.25) is 14.6 Å². The van der Waals surface area contributed by atoms with E-state index in [4.69, 9.17) is 21.7 Å². The monoisotopic (exact) mass is 486 g/mol. The molecule has 35 heavy (non-hydrogen) atoms. The highest BCUT2D eigenvalue weighted by Crippen LogP contribution is 2.28. The number of amides is 1. The summed E-state index contributed by atoms with van der Waals surface area (Å²) in [6, 6.07) is 24.9. The van der Waals surface area contributed by atoms with E-state index in [0.717, 1.165) is 39.7 Å². The summed E-state index contributed by atoms with van der Waals surface area (Å²) in [5, 5.41) is 13.6. The molecule has 0 unspecified atom stereocenters. The molecule has 4 aromatic rings. The van der Waals surface area contributed by atoms with Crippen LogP contribution >= 0.6 is 11.6 Å². The number of benzene rings is 3. The van der Waals surface area contributed by atoms with Crippen LogP contribution in [-0.4, -0.2) is 22.0 Å². The Morgan fingerprint density at radius 3 is 2.43 bits per heavy atom. The Labute approximate surface area is 209 Å². The van der Waals surface area contributed by atoms with Crippen molar-refractivity contribution in [1.82, 2.24) is 10.3 Å². The maximum absolute atomic E-state index is 13.0. The zero-order chi connectivity index (χ0) is 24.8. The number of fused-ring (bicyclic) bond motifs is 1. The third-order valence-corrected chi connectivity index (χ3v) is 6.27. The van der Waals surface area contributed by atoms with Crippen LogP contribution in [0.1, 0.15) is 53.8 Å². The molecule has 6 heteroatoms. The predicted molar refractivity (Wildman–Crippen MR) is 140 cm³/mol. The first-order chi connectivity index (χ1) is 16.9. The van der Waals surface area contributed by atoms with E-state index in [1.807, 2.05) is 79.7 Å². The number of hydrogen-bond donors (Lipinski definition) is 2. The van der Waals surface area contributed by atoms with Crippen LogP contribution in [0, 0.1) is 0 Å². The van der Waals surface area contributed by atoms with Gasteiger partial charge in [-0.15, -0.1) is 0 Å². The Balaban J connectivity index is 1.61. The summed E-state index contributed by atoms with van der Waals surface area (Å²) in [6.07, 6.45) is 2.12. The van der Waals surface area contributed by atoms with Crippen LogP contribution in [-0.2, 0) is 11.2 Å². The number of unbranched alkanes of at least 4 members (excludes halogenated alkanes) is 1. The number of carbonyl (C=O) groups is 2. The summed E-state index contributed by atoms with van der Waals surface area (Å²) in [6.45, 7) is 1.93. The lowest BCUT2D eigenvalue weighted by Crippen LogP contribution is -2.26. The summed E-state index contributed by atoms with van der Waals surface area (Å²) >= 11 is 5.97. The minimum absolute atomic E-state index is 0.143. The van der Waals surface area contributed by atoms with Crippen molar-refractivity contribution in [3.63, 3.8) is 0 Å². The summed E-state index contributed by atoms with van der Waals surface area (Å²) in [4.78, 5) is 28.8. The Morgan fingerprint density at radius 1 is 0.971 bits per heavy atom. The van der Waals surface area contributed by atoms with E-state index in [1.54, 1.807) is 0 Å². The first-order valence-electron chi connectivity index (χ1n) is 11.7. The molecule has 0 aliphatic rings. The number of hydrogen-bond acceptors (Lipinski definition) is 3. The molecule has 0 fully saturated rings. The molecule has 2 N–H and O–H groups in total. The average Bonchev–Trinajstić information content (AvgIpc) is 2.86. The number of aryl methyl sites for hydroxylation is 1. The lowest BCUT2D eigenvalue weighted by atomic mass is 9.97. The molecular formula is C29H27ClN2O3. The highest BCUT2D eigenvalue weighted by Gasteiger charge is 2.14. The number of aliphatic carboxylic acids is 1. The molecule has 1 atom stereocenters. The highest BCUT2D eigenvalue weighted by molar-refractivity contribution is 6.30. The Morgan fingerprint density at radius 2 is 1.71 bits per heavy atom. The van der Waals surface area contributed by atoms with Gasteiger partial charge in [0.25, 0.3) is 5.91 Å². The number of nitrogens with one attached hydrogen (secondary N) is 1. The molecule has 1 amide bonds. The number of pyridine rings is 1. The molecule has 1 heterocycles. The molecule has 3 aromatic carbocycles. The smallest absolute Gasteiger partial charge is 0.303 e. The Hall–Kier alpha value is -3.70. The minimum atomic E-state index is -0.789. The second-order valence-electron chi connectivity index (χ2n) is 8.60. The van der Waals surface area contributed by atoms with Crippen molar-refractivity contribution < 1.29 is 14.7 Å². The van der Waals surface area contributed by atoms with Gasteiger partial charge in [0.2, 0.25) is 0 Å². The normalized spacial score (nSPS) is 11.8. The van der Waals surface area contributed by atoms with Gasteiger partial charge in [-0.05, 0) is 67.6 Å². The Bertz CT molecular complexity index is 1340. The van der Waals surface area contributed by atoms with Gasteiger partial charge in [0, 0.05) is 33.7 Å². The van der Waals surface area contributed by atoms with Crippen molar-refractivity contribution in [2.75, 3.05) is 0 Å². The van der Waals surface area contributed by atoms with Crippen molar-refractivity contribution in [2.45, 2.75) is 38.6 Å². The van der Waals surface area contributed by atoms with Crippen molar-refractivity contribution >= 4 is 34.4 Å². The van der Waals surface area contributed by atoms with Crippen LogP contribution in [0.2, 0.25) is 5.02 Å². The van der Waals surface area contributed by atoms with Gasteiger partial charge in [-0.1, -0.05) is 60.1 Å². The molecule has 0 bridgehead atoms. The van der Waals surface area contributed by atoms with E-state index >= 15 is 0 Å². The second-order valence-corrected chi connectivity index (χ2v) is 9.04. The van der Waals surface area contributed by atoms with Crippen molar-refractivity contribution in [3.05, 3.63) is 101 Å². The molecule has 0 spiro atoms. The third kappa shape index (κ3) is 6.25. The van der Waals surface area contributed by atoms with Crippen molar-refractivity contribution in [3.8, 4) is 11.1 Å². The topological polar surface area (TPSA) is 79.3 Å². The zero-order valence-electron chi connectivity index (χ0n) is 19.5. The number of carboxylic acids is 1. The van der Waals surface area contributed by atoms with Gasteiger partial charge in [0.05, 0.1) is 11.6 Å². The fourth-order valence-electron chi connectivity index (χ4n) is 4.09. The summed E-state index contributed by atoms with van der Waals surface area (Å²) in [7, 11) is 0. The molecule has 5 nitrogen and oxygen atoms in total. The molecule has 0 saturated heterocycles. The number of rotatable bonds is 9. The number of carboxylic acid groups (broad SMARTS) is 1. The number of aromatic nitrogens is 1. The van der Waals surface area contributed by atoms with Gasteiger partial charge < -0.3 is 10.4 Å². The number of carbonyl (C=O) groups excluding carboxylic acids is 1. The third-order valence-electron chi connectivity index (χ3n) is 6.02. The molecular weight excluding hydrogens is 460 g/mol. The predicted octanol–water partition coefficient (Wildman–Crippen LogP) is 6.84. The van der Waals surface area contributed by atoms with E-state index in [1.165, 1.54) is 0 Å². The average molecular weight is 487 g/mol. The van der Waals surface area contributed by atoms with Gasteiger partial charge in [0.15, 0.2) is 0 Å². The van der Waals surface area contributed by atoms with E-state index in [0.29, 0.717) is 23.4 Å². The fourth-order valence-corrected chi connectivity index (χ4v) is 4.22. The quantitative estimate of drug-likeness (QED) is 0.254. The van der Waals surface area contributed by atoms with Crippen molar-refractivity contribution in [2.24, 2.45) is 0 Å². The minimum Gasteiger partial charge on any atom is -0.481 e. The second kappa shape index (κ2) is 11.2. The van der Waals surface area contributed by atoms with E-state index < -0.39 is 5.97 Å². The molecule has 4 rings (SSSR count). The Kier molecular flexibility index (Phi) is 7.78.